The lowest BCUT2D eigenvalue weighted by atomic mass is 9.94. The first-order chi connectivity index (χ1) is 8.81. The van der Waals surface area contributed by atoms with E-state index in [2.05, 4.69) is 10.6 Å². The highest BCUT2D eigenvalue weighted by atomic mass is 32.2. The molecule has 3 atom stereocenters. The molecule has 7 heteroatoms. The molecule has 0 aromatic heterocycles. The molecule has 0 bridgehead atoms. The van der Waals surface area contributed by atoms with Gasteiger partial charge in [0.05, 0.1) is 23.1 Å². The molecule has 1 amide bonds. The van der Waals surface area contributed by atoms with Crippen molar-refractivity contribution in [3.8, 4) is 0 Å². The van der Waals surface area contributed by atoms with Crippen molar-refractivity contribution in [3.05, 3.63) is 0 Å². The van der Waals surface area contributed by atoms with E-state index >= 15 is 0 Å². The lowest BCUT2D eigenvalue weighted by Gasteiger charge is -2.30. The fourth-order valence-corrected chi connectivity index (χ4v) is 4.04. The number of amides is 1. The number of hydrogen-bond acceptors (Lipinski definition) is 5. The van der Waals surface area contributed by atoms with E-state index in [1.165, 1.54) is 0 Å². The number of nitrogens with one attached hydrogen (secondary N) is 2. The molecule has 0 aromatic carbocycles. The number of hydrogen-bond donors (Lipinski definition) is 2. The smallest absolute Gasteiger partial charge is 0.222 e. The molecule has 0 spiro atoms. The van der Waals surface area contributed by atoms with Gasteiger partial charge in [0.2, 0.25) is 5.91 Å². The van der Waals surface area contributed by atoms with Gasteiger partial charge in [-0.2, -0.15) is 0 Å². The molecular formula is C12H22N2O4S. The first-order valence-electron chi connectivity index (χ1n) is 6.67. The summed E-state index contributed by atoms with van der Waals surface area (Å²) in [6, 6.07) is -0.278. The number of carbonyl (C=O) groups is 1. The van der Waals surface area contributed by atoms with Gasteiger partial charge in [-0.05, 0) is 20.3 Å². The summed E-state index contributed by atoms with van der Waals surface area (Å²) >= 11 is 0. The average molecular weight is 290 g/mol. The standard InChI is InChI=1S/C12H22N2O4S/c1-9-12(2,3-5-18-9)14-11(15)7-10-8-19(16,17)6-4-13-10/h9-10,13H,3-8H2,1-2H3,(H,14,15). The van der Waals surface area contributed by atoms with Gasteiger partial charge in [0.25, 0.3) is 0 Å². The van der Waals surface area contributed by atoms with Crippen LogP contribution in [-0.2, 0) is 19.4 Å². The monoisotopic (exact) mass is 290 g/mol. The van der Waals surface area contributed by atoms with E-state index in [0.29, 0.717) is 13.2 Å². The van der Waals surface area contributed by atoms with E-state index in [1.54, 1.807) is 0 Å². The molecule has 2 aliphatic rings. The maximum Gasteiger partial charge on any atom is 0.222 e. The Bertz CT molecular complexity index is 451. The third-order valence-corrected chi connectivity index (χ3v) is 5.78. The molecule has 2 rings (SSSR count). The minimum absolute atomic E-state index is 0.0144. The molecule has 2 fully saturated rings. The van der Waals surface area contributed by atoms with Crippen LogP contribution >= 0.6 is 0 Å². The number of ether oxygens (including phenoxy) is 1. The number of rotatable bonds is 3. The number of sulfone groups is 1. The third kappa shape index (κ3) is 3.67. The molecule has 0 saturated carbocycles. The summed E-state index contributed by atoms with van der Waals surface area (Å²) in [5.41, 5.74) is -0.343. The molecule has 2 N–H and O–H groups in total. The summed E-state index contributed by atoms with van der Waals surface area (Å²) in [4.78, 5) is 12.0. The predicted molar refractivity (Wildman–Crippen MR) is 71.6 cm³/mol. The first kappa shape index (κ1) is 14.7. The molecule has 110 valence electrons. The second kappa shape index (κ2) is 5.38. The summed E-state index contributed by atoms with van der Waals surface area (Å²) in [5.74, 6) is 0.0890. The first-order valence-corrected chi connectivity index (χ1v) is 8.49. The fourth-order valence-electron chi connectivity index (χ4n) is 2.59. The van der Waals surface area contributed by atoms with E-state index in [9.17, 15) is 13.2 Å². The molecule has 2 heterocycles. The van der Waals surface area contributed by atoms with Crippen LogP contribution in [0.2, 0.25) is 0 Å². The molecule has 2 saturated heterocycles. The zero-order chi connectivity index (χ0) is 14.1. The topological polar surface area (TPSA) is 84.5 Å². The van der Waals surface area contributed by atoms with Gasteiger partial charge in [0.15, 0.2) is 9.84 Å². The SMILES string of the molecule is CC1OCCC1(C)NC(=O)CC1CS(=O)(=O)CCN1. The Morgan fingerprint density at radius 1 is 1.53 bits per heavy atom. The quantitative estimate of drug-likeness (QED) is 0.728. The van der Waals surface area contributed by atoms with E-state index in [1.807, 2.05) is 13.8 Å². The summed E-state index contributed by atoms with van der Waals surface area (Å²) in [6.45, 7) is 4.98. The molecule has 19 heavy (non-hydrogen) atoms. The molecular weight excluding hydrogens is 268 g/mol. The molecule has 3 unspecified atom stereocenters. The van der Waals surface area contributed by atoms with Gasteiger partial charge in [0.1, 0.15) is 0 Å². The second-order valence-electron chi connectivity index (χ2n) is 5.70. The minimum atomic E-state index is -3.00. The normalized spacial score (nSPS) is 38.0. The van der Waals surface area contributed by atoms with Crippen molar-refractivity contribution in [1.82, 2.24) is 10.6 Å². The van der Waals surface area contributed by atoms with Gasteiger partial charge in [-0.3, -0.25) is 4.79 Å². The highest BCUT2D eigenvalue weighted by Gasteiger charge is 2.38. The van der Waals surface area contributed by atoms with Crippen LogP contribution in [0.25, 0.3) is 0 Å². The average Bonchev–Trinajstić information content (AvgIpc) is 2.56. The maximum atomic E-state index is 12.0. The molecule has 0 aromatic rings. The molecule has 2 aliphatic heterocycles. The Morgan fingerprint density at radius 2 is 2.26 bits per heavy atom. The highest BCUT2D eigenvalue weighted by Crippen LogP contribution is 2.25. The van der Waals surface area contributed by atoms with Crippen molar-refractivity contribution in [2.45, 2.75) is 44.4 Å². The van der Waals surface area contributed by atoms with E-state index in [0.717, 1.165) is 6.42 Å². The van der Waals surface area contributed by atoms with Gasteiger partial charge in [-0.25, -0.2) is 8.42 Å². The minimum Gasteiger partial charge on any atom is -0.376 e. The Labute approximate surface area is 114 Å². The van der Waals surface area contributed by atoms with Gasteiger partial charge < -0.3 is 15.4 Å². The van der Waals surface area contributed by atoms with Gasteiger partial charge >= 0.3 is 0 Å². The second-order valence-corrected chi connectivity index (χ2v) is 7.93. The van der Waals surface area contributed by atoms with Crippen LogP contribution in [-0.4, -0.2) is 56.7 Å². The molecule has 0 radical (unpaired) electrons. The van der Waals surface area contributed by atoms with Gasteiger partial charge in [0, 0.05) is 25.6 Å². The fraction of sp³-hybridized carbons (Fsp3) is 0.917. The molecule has 0 aliphatic carbocycles. The lowest BCUT2D eigenvalue weighted by molar-refractivity contribution is -0.123. The van der Waals surface area contributed by atoms with Crippen molar-refractivity contribution < 1.29 is 17.9 Å². The number of carbonyl (C=O) groups excluding carboxylic acids is 1. The van der Waals surface area contributed by atoms with Gasteiger partial charge in [-0.15, -0.1) is 0 Å². The Hall–Kier alpha value is -0.660. The van der Waals surface area contributed by atoms with Crippen LogP contribution in [0.5, 0.6) is 0 Å². The van der Waals surface area contributed by atoms with Crippen LogP contribution < -0.4 is 10.6 Å². The summed E-state index contributed by atoms with van der Waals surface area (Å²) in [5, 5.41) is 6.06. The zero-order valence-electron chi connectivity index (χ0n) is 11.4. The largest absolute Gasteiger partial charge is 0.376 e. The van der Waals surface area contributed by atoms with Crippen molar-refractivity contribution >= 4 is 15.7 Å². The maximum absolute atomic E-state index is 12.0. The van der Waals surface area contributed by atoms with Crippen molar-refractivity contribution in [2.24, 2.45) is 0 Å². The zero-order valence-corrected chi connectivity index (χ0v) is 12.3. The Kier molecular flexibility index (Phi) is 4.17. The van der Waals surface area contributed by atoms with Crippen LogP contribution in [0.3, 0.4) is 0 Å². The van der Waals surface area contributed by atoms with Gasteiger partial charge in [-0.1, -0.05) is 0 Å². The summed E-state index contributed by atoms with van der Waals surface area (Å²) in [7, 11) is -3.00. The van der Waals surface area contributed by atoms with Crippen molar-refractivity contribution in [2.75, 3.05) is 24.7 Å². The highest BCUT2D eigenvalue weighted by molar-refractivity contribution is 7.91. The van der Waals surface area contributed by atoms with Crippen LogP contribution in [0.4, 0.5) is 0 Å². The third-order valence-electron chi connectivity index (χ3n) is 4.04. The summed E-state index contributed by atoms with van der Waals surface area (Å²) in [6.07, 6.45) is 0.970. The van der Waals surface area contributed by atoms with Crippen LogP contribution in [0.15, 0.2) is 0 Å². The predicted octanol–water partition coefficient (Wildman–Crippen LogP) is -0.553. The van der Waals surface area contributed by atoms with Crippen molar-refractivity contribution in [1.29, 1.82) is 0 Å². The van der Waals surface area contributed by atoms with E-state index in [4.69, 9.17) is 4.74 Å². The van der Waals surface area contributed by atoms with E-state index in [-0.39, 0.29) is 41.5 Å². The lowest BCUT2D eigenvalue weighted by Crippen LogP contribution is -2.53. The van der Waals surface area contributed by atoms with Crippen molar-refractivity contribution in [3.63, 3.8) is 0 Å². The van der Waals surface area contributed by atoms with Crippen LogP contribution in [0, 0.1) is 0 Å². The Morgan fingerprint density at radius 3 is 2.84 bits per heavy atom. The summed E-state index contributed by atoms with van der Waals surface area (Å²) < 4.78 is 28.5. The Balaban J connectivity index is 1.88. The molecule has 6 nitrogen and oxygen atoms in total. The van der Waals surface area contributed by atoms with Crippen LogP contribution in [0.1, 0.15) is 26.7 Å². The van der Waals surface area contributed by atoms with E-state index < -0.39 is 9.84 Å².